The van der Waals surface area contributed by atoms with Crippen molar-refractivity contribution in [2.24, 2.45) is 0 Å². The van der Waals surface area contributed by atoms with Crippen molar-refractivity contribution in [3.63, 3.8) is 0 Å². The van der Waals surface area contributed by atoms with Crippen LogP contribution in [-0.2, 0) is 13.0 Å². The maximum Gasteiger partial charge on any atom is 0.261 e. The van der Waals surface area contributed by atoms with E-state index >= 15 is 0 Å². The predicted molar refractivity (Wildman–Crippen MR) is 102 cm³/mol. The summed E-state index contributed by atoms with van der Waals surface area (Å²) in [6, 6.07) is 12.2. The van der Waals surface area contributed by atoms with E-state index in [0.29, 0.717) is 30.6 Å². The molecular formula is C20H23N5O2. The summed E-state index contributed by atoms with van der Waals surface area (Å²) < 4.78 is 5.24. The quantitative estimate of drug-likeness (QED) is 0.693. The summed E-state index contributed by atoms with van der Waals surface area (Å²) in [6.45, 7) is 4.63. The van der Waals surface area contributed by atoms with Crippen molar-refractivity contribution in [3.8, 4) is 11.5 Å². The molecule has 140 valence electrons. The number of β-amino-alcohol motifs (C(OH)–C–C–N with tert-alkyl or cyclic N) is 1. The van der Waals surface area contributed by atoms with Crippen LogP contribution in [-0.4, -0.2) is 50.9 Å². The lowest BCUT2D eigenvalue weighted by Gasteiger charge is -2.30. The largest absolute Gasteiger partial charge is 0.390 e. The van der Waals surface area contributed by atoms with E-state index in [4.69, 9.17) is 4.52 Å². The molecule has 7 nitrogen and oxygen atoms in total. The van der Waals surface area contributed by atoms with E-state index in [0.717, 1.165) is 25.1 Å². The zero-order valence-corrected chi connectivity index (χ0v) is 15.3. The number of aromatic nitrogens is 3. The van der Waals surface area contributed by atoms with E-state index < -0.39 is 6.10 Å². The van der Waals surface area contributed by atoms with E-state index in [1.165, 1.54) is 11.1 Å². The van der Waals surface area contributed by atoms with E-state index in [1.54, 1.807) is 13.1 Å². The number of hydrogen-bond acceptors (Lipinski definition) is 7. The van der Waals surface area contributed by atoms with Gasteiger partial charge in [-0.15, -0.1) is 0 Å². The second-order valence-corrected chi connectivity index (χ2v) is 6.83. The number of benzene rings is 1. The Balaban J connectivity index is 1.36. The molecule has 4 rings (SSSR count). The van der Waals surface area contributed by atoms with Gasteiger partial charge in [-0.3, -0.25) is 4.90 Å². The maximum atomic E-state index is 10.5. The van der Waals surface area contributed by atoms with Crippen molar-refractivity contribution in [2.75, 3.05) is 25.0 Å². The number of nitrogens with one attached hydrogen (secondary N) is 1. The molecule has 1 aromatic carbocycles. The lowest BCUT2D eigenvalue weighted by molar-refractivity contribution is 0.114. The Morgan fingerprint density at radius 2 is 2.07 bits per heavy atom. The molecule has 0 saturated heterocycles. The Kier molecular flexibility index (Phi) is 5.13. The molecular weight excluding hydrogens is 342 g/mol. The fourth-order valence-electron chi connectivity index (χ4n) is 3.41. The van der Waals surface area contributed by atoms with E-state index in [-0.39, 0.29) is 0 Å². The summed E-state index contributed by atoms with van der Waals surface area (Å²) in [5.74, 6) is 1.62. The van der Waals surface area contributed by atoms with Gasteiger partial charge in [0.2, 0.25) is 0 Å². The van der Waals surface area contributed by atoms with Gasteiger partial charge in [-0.1, -0.05) is 29.4 Å². The van der Waals surface area contributed by atoms with Gasteiger partial charge < -0.3 is 14.9 Å². The number of rotatable bonds is 6. The molecule has 3 aromatic rings. The summed E-state index contributed by atoms with van der Waals surface area (Å²) in [4.78, 5) is 10.9. The van der Waals surface area contributed by atoms with Gasteiger partial charge in [-0.25, -0.2) is 4.98 Å². The van der Waals surface area contributed by atoms with Gasteiger partial charge in [0, 0.05) is 32.4 Å². The van der Waals surface area contributed by atoms with E-state index in [1.807, 2.05) is 12.1 Å². The highest BCUT2D eigenvalue weighted by Crippen LogP contribution is 2.24. The molecule has 0 saturated carbocycles. The van der Waals surface area contributed by atoms with Crippen LogP contribution in [0.4, 0.5) is 5.82 Å². The van der Waals surface area contributed by atoms with Crippen LogP contribution < -0.4 is 5.32 Å². The first-order chi connectivity index (χ1) is 13.2. The highest BCUT2D eigenvalue weighted by Gasteiger charge is 2.19. The molecule has 2 N–H and O–H groups in total. The molecule has 27 heavy (non-hydrogen) atoms. The molecule has 7 heteroatoms. The highest BCUT2D eigenvalue weighted by atomic mass is 16.5. The second-order valence-electron chi connectivity index (χ2n) is 6.83. The number of hydrogen-bond donors (Lipinski definition) is 2. The summed E-state index contributed by atoms with van der Waals surface area (Å²) in [6.07, 6.45) is 2.22. The van der Waals surface area contributed by atoms with Crippen molar-refractivity contribution in [2.45, 2.75) is 26.0 Å². The second kappa shape index (κ2) is 7.85. The monoisotopic (exact) mass is 365 g/mol. The summed E-state index contributed by atoms with van der Waals surface area (Å²) in [7, 11) is 0. The van der Waals surface area contributed by atoms with E-state index in [9.17, 15) is 5.11 Å². The Hall–Kier alpha value is -2.77. The first-order valence-corrected chi connectivity index (χ1v) is 9.16. The van der Waals surface area contributed by atoms with Gasteiger partial charge in [0.15, 0.2) is 5.82 Å². The van der Waals surface area contributed by atoms with Crippen molar-refractivity contribution in [3.05, 3.63) is 59.5 Å². The standard InChI is InChI=1S/C20H23N5O2/c1-14-23-20(27-24-14)18-7-4-9-21-19(18)22-11-17(26)13-25-10-8-15-5-2-3-6-16(15)12-25/h2-7,9,17,26H,8,10-13H2,1H3,(H,21,22). The third kappa shape index (κ3) is 4.15. The number of pyridine rings is 1. The zero-order valence-electron chi connectivity index (χ0n) is 15.3. The Morgan fingerprint density at radius 1 is 1.22 bits per heavy atom. The lowest BCUT2D eigenvalue weighted by Crippen LogP contribution is -2.39. The van der Waals surface area contributed by atoms with Gasteiger partial charge in [-0.2, -0.15) is 4.98 Å². The number of aliphatic hydroxyl groups excluding tert-OH is 1. The third-order valence-electron chi connectivity index (χ3n) is 4.75. The lowest BCUT2D eigenvalue weighted by atomic mass is 10.00. The van der Waals surface area contributed by atoms with Gasteiger partial charge in [0.25, 0.3) is 5.89 Å². The molecule has 2 aromatic heterocycles. The van der Waals surface area contributed by atoms with Crippen LogP contribution in [0.1, 0.15) is 17.0 Å². The third-order valence-corrected chi connectivity index (χ3v) is 4.75. The number of aliphatic hydroxyl groups is 1. The molecule has 0 spiro atoms. The molecule has 1 aliphatic heterocycles. The van der Waals surface area contributed by atoms with Crippen LogP contribution in [0.3, 0.4) is 0 Å². The summed E-state index contributed by atoms with van der Waals surface area (Å²) in [5, 5.41) is 17.5. The Labute approximate surface area is 158 Å². The SMILES string of the molecule is Cc1noc(-c2cccnc2NCC(O)CN2CCc3ccccc3C2)n1. The summed E-state index contributed by atoms with van der Waals surface area (Å²) in [5.41, 5.74) is 3.49. The molecule has 0 aliphatic carbocycles. The Bertz CT molecular complexity index is 911. The molecule has 0 radical (unpaired) electrons. The molecule has 3 heterocycles. The number of anilines is 1. The smallest absolute Gasteiger partial charge is 0.261 e. The molecule has 1 aliphatic rings. The van der Waals surface area contributed by atoms with Crippen LogP contribution in [0, 0.1) is 6.92 Å². The molecule has 0 bridgehead atoms. The van der Waals surface area contributed by atoms with Crippen LogP contribution in [0.15, 0.2) is 47.1 Å². The molecule has 0 fully saturated rings. The molecule has 1 atom stereocenters. The summed E-state index contributed by atoms with van der Waals surface area (Å²) >= 11 is 0. The van der Waals surface area contributed by atoms with Gasteiger partial charge in [0.1, 0.15) is 5.82 Å². The van der Waals surface area contributed by atoms with Crippen molar-refractivity contribution < 1.29 is 9.63 Å². The van der Waals surface area contributed by atoms with Crippen LogP contribution in [0.5, 0.6) is 0 Å². The molecule has 0 amide bonds. The average Bonchev–Trinajstić information content (AvgIpc) is 3.13. The molecule has 1 unspecified atom stereocenters. The average molecular weight is 365 g/mol. The van der Waals surface area contributed by atoms with Gasteiger partial charge in [-0.05, 0) is 36.6 Å². The zero-order chi connectivity index (χ0) is 18.6. The Morgan fingerprint density at radius 3 is 2.89 bits per heavy atom. The fourth-order valence-corrected chi connectivity index (χ4v) is 3.41. The minimum Gasteiger partial charge on any atom is -0.390 e. The number of fused-ring (bicyclic) bond motifs is 1. The van der Waals surface area contributed by atoms with Crippen molar-refractivity contribution in [1.82, 2.24) is 20.0 Å². The first kappa shape index (κ1) is 17.6. The van der Waals surface area contributed by atoms with Crippen LogP contribution >= 0.6 is 0 Å². The number of aryl methyl sites for hydroxylation is 1. The maximum absolute atomic E-state index is 10.5. The van der Waals surface area contributed by atoms with Gasteiger partial charge >= 0.3 is 0 Å². The minimum atomic E-state index is -0.505. The normalized spacial score (nSPS) is 15.3. The van der Waals surface area contributed by atoms with E-state index in [2.05, 4.69) is 49.6 Å². The number of nitrogens with zero attached hydrogens (tertiary/aromatic N) is 4. The topological polar surface area (TPSA) is 87.3 Å². The minimum absolute atomic E-state index is 0.398. The highest BCUT2D eigenvalue weighted by molar-refractivity contribution is 5.68. The predicted octanol–water partition coefficient (Wildman–Crippen LogP) is 2.27. The van der Waals surface area contributed by atoms with Crippen molar-refractivity contribution in [1.29, 1.82) is 0 Å². The first-order valence-electron chi connectivity index (χ1n) is 9.16. The van der Waals surface area contributed by atoms with Crippen LogP contribution in [0.2, 0.25) is 0 Å². The fraction of sp³-hybridized carbons (Fsp3) is 0.350. The van der Waals surface area contributed by atoms with Crippen LogP contribution in [0.25, 0.3) is 11.5 Å². The van der Waals surface area contributed by atoms with Crippen molar-refractivity contribution >= 4 is 5.82 Å². The van der Waals surface area contributed by atoms with Gasteiger partial charge in [0.05, 0.1) is 11.7 Å².